The predicted octanol–water partition coefficient (Wildman–Crippen LogP) is 5.50. The Morgan fingerprint density at radius 1 is 1.10 bits per heavy atom. The van der Waals surface area contributed by atoms with Crippen LogP contribution in [0.15, 0.2) is 47.4 Å². The molecular formula is C22H27ClFN3OS2. The maximum atomic E-state index is 13.2. The average molecular weight is 468 g/mol. The number of benzene rings is 2. The van der Waals surface area contributed by atoms with Crippen molar-refractivity contribution in [2.24, 2.45) is 0 Å². The molecule has 0 bridgehead atoms. The normalized spacial score (nSPS) is 11.0. The average Bonchev–Trinajstić information content (AvgIpc) is 3.15. The van der Waals surface area contributed by atoms with E-state index in [1.54, 1.807) is 40.1 Å². The standard InChI is InChI=1S/C22H26FN3OS2.ClH/c1-4-25(5-2)12-13-26(21(27)14-16-6-8-17(23)9-7-16)22-24-19-11-10-18(28-3)15-20(19)29-22;/h6-11,15H,4-5,12-14H2,1-3H3;1H. The molecule has 3 aromatic rings. The van der Waals surface area contributed by atoms with E-state index >= 15 is 0 Å². The Bertz CT molecular complexity index is 961. The van der Waals surface area contributed by atoms with Crippen LogP contribution in [0.25, 0.3) is 10.2 Å². The summed E-state index contributed by atoms with van der Waals surface area (Å²) < 4.78 is 14.3. The Morgan fingerprint density at radius 3 is 2.43 bits per heavy atom. The molecular weight excluding hydrogens is 441 g/mol. The minimum absolute atomic E-state index is 0. The maximum absolute atomic E-state index is 13.2. The molecule has 1 amide bonds. The highest BCUT2D eigenvalue weighted by Gasteiger charge is 2.21. The molecule has 0 atom stereocenters. The summed E-state index contributed by atoms with van der Waals surface area (Å²) in [7, 11) is 0. The van der Waals surface area contributed by atoms with Crippen molar-refractivity contribution in [3.8, 4) is 0 Å². The zero-order chi connectivity index (χ0) is 20.8. The van der Waals surface area contributed by atoms with Gasteiger partial charge in [0.05, 0.1) is 16.6 Å². The SMILES string of the molecule is CCN(CC)CCN(C(=O)Cc1ccc(F)cc1)c1nc2ccc(SC)cc2s1.Cl. The minimum atomic E-state index is -0.296. The van der Waals surface area contributed by atoms with E-state index in [4.69, 9.17) is 4.98 Å². The van der Waals surface area contributed by atoms with E-state index in [2.05, 4.69) is 30.9 Å². The third-order valence-corrected chi connectivity index (χ3v) is 6.69. The van der Waals surface area contributed by atoms with Crippen LogP contribution in [0.5, 0.6) is 0 Å². The Morgan fingerprint density at radius 2 is 1.80 bits per heavy atom. The van der Waals surface area contributed by atoms with Crippen LogP contribution in [-0.2, 0) is 11.2 Å². The minimum Gasteiger partial charge on any atom is -0.302 e. The van der Waals surface area contributed by atoms with Gasteiger partial charge in [-0.1, -0.05) is 37.3 Å². The highest BCUT2D eigenvalue weighted by atomic mass is 35.5. The molecule has 0 N–H and O–H groups in total. The molecule has 2 aromatic carbocycles. The number of anilines is 1. The molecule has 3 rings (SSSR count). The Hall–Kier alpha value is -1.67. The number of carbonyl (C=O) groups excluding carboxylic acids is 1. The number of amides is 1. The first-order chi connectivity index (χ1) is 14.0. The first-order valence-electron chi connectivity index (χ1n) is 9.75. The molecule has 30 heavy (non-hydrogen) atoms. The molecule has 4 nitrogen and oxygen atoms in total. The van der Waals surface area contributed by atoms with Crippen molar-refractivity contribution < 1.29 is 9.18 Å². The van der Waals surface area contributed by atoms with Gasteiger partial charge in [-0.25, -0.2) is 9.37 Å². The van der Waals surface area contributed by atoms with Gasteiger partial charge in [0.25, 0.3) is 0 Å². The fraction of sp³-hybridized carbons (Fsp3) is 0.364. The molecule has 0 aliphatic carbocycles. The summed E-state index contributed by atoms with van der Waals surface area (Å²) in [5, 5.41) is 0.720. The molecule has 0 unspecified atom stereocenters. The third kappa shape index (κ3) is 6.17. The van der Waals surface area contributed by atoms with Gasteiger partial charge in [0, 0.05) is 18.0 Å². The van der Waals surface area contributed by atoms with E-state index in [9.17, 15) is 9.18 Å². The van der Waals surface area contributed by atoms with E-state index in [1.807, 2.05) is 12.3 Å². The van der Waals surface area contributed by atoms with E-state index < -0.39 is 0 Å². The van der Waals surface area contributed by atoms with Crippen LogP contribution in [0.4, 0.5) is 9.52 Å². The molecule has 0 aliphatic heterocycles. The molecule has 0 radical (unpaired) electrons. The smallest absolute Gasteiger partial charge is 0.233 e. The Labute approximate surface area is 191 Å². The molecule has 162 valence electrons. The molecule has 0 aliphatic rings. The van der Waals surface area contributed by atoms with Gasteiger partial charge in [0.15, 0.2) is 5.13 Å². The van der Waals surface area contributed by atoms with Crippen LogP contribution in [-0.4, -0.2) is 48.2 Å². The number of aromatic nitrogens is 1. The Kier molecular flexibility index (Phi) is 9.55. The van der Waals surface area contributed by atoms with Crippen LogP contribution >= 0.6 is 35.5 Å². The number of halogens is 2. The molecule has 0 spiro atoms. The Balaban J connectivity index is 0.00000320. The second-order valence-electron chi connectivity index (χ2n) is 6.71. The van der Waals surface area contributed by atoms with Crippen molar-refractivity contribution in [3.05, 3.63) is 53.8 Å². The summed E-state index contributed by atoms with van der Waals surface area (Å²) in [5.74, 6) is -0.316. The molecule has 0 fully saturated rings. The molecule has 0 saturated carbocycles. The van der Waals surface area contributed by atoms with Crippen LogP contribution in [0.1, 0.15) is 19.4 Å². The van der Waals surface area contributed by atoms with Crippen LogP contribution in [0.3, 0.4) is 0 Å². The number of carbonyl (C=O) groups is 1. The maximum Gasteiger partial charge on any atom is 0.233 e. The number of likely N-dealkylation sites (N-methyl/N-ethyl adjacent to an activating group) is 1. The van der Waals surface area contributed by atoms with Gasteiger partial charge < -0.3 is 4.90 Å². The van der Waals surface area contributed by atoms with Crippen molar-refractivity contribution in [2.45, 2.75) is 25.2 Å². The lowest BCUT2D eigenvalue weighted by Gasteiger charge is -2.24. The first-order valence-corrected chi connectivity index (χ1v) is 11.8. The number of rotatable bonds is 9. The van der Waals surface area contributed by atoms with Crippen molar-refractivity contribution in [3.63, 3.8) is 0 Å². The van der Waals surface area contributed by atoms with Crippen LogP contribution in [0, 0.1) is 5.82 Å². The lowest BCUT2D eigenvalue weighted by Crippen LogP contribution is -2.39. The molecule has 1 aromatic heterocycles. The number of hydrogen-bond acceptors (Lipinski definition) is 5. The fourth-order valence-corrected chi connectivity index (χ4v) is 4.68. The zero-order valence-electron chi connectivity index (χ0n) is 17.4. The topological polar surface area (TPSA) is 36.4 Å². The monoisotopic (exact) mass is 467 g/mol. The summed E-state index contributed by atoms with van der Waals surface area (Å²) in [6.45, 7) is 7.48. The third-order valence-electron chi connectivity index (χ3n) is 4.92. The van der Waals surface area contributed by atoms with Gasteiger partial charge in [0.2, 0.25) is 5.91 Å². The van der Waals surface area contributed by atoms with E-state index in [0.29, 0.717) is 6.54 Å². The lowest BCUT2D eigenvalue weighted by atomic mass is 10.1. The summed E-state index contributed by atoms with van der Waals surface area (Å²) in [4.78, 5) is 23.1. The molecule has 1 heterocycles. The second-order valence-corrected chi connectivity index (χ2v) is 8.59. The summed E-state index contributed by atoms with van der Waals surface area (Å²) in [5.41, 5.74) is 1.71. The van der Waals surface area contributed by atoms with Gasteiger partial charge in [-0.05, 0) is 55.2 Å². The quantitative estimate of drug-likeness (QED) is 0.389. The van der Waals surface area contributed by atoms with E-state index in [-0.39, 0.29) is 30.6 Å². The van der Waals surface area contributed by atoms with E-state index in [0.717, 1.165) is 40.5 Å². The van der Waals surface area contributed by atoms with Crippen LogP contribution < -0.4 is 4.90 Å². The summed E-state index contributed by atoms with van der Waals surface area (Å²) >= 11 is 3.24. The van der Waals surface area contributed by atoms with Crippen molar-refractivity contribution in [1.82, 2.24) is 9.88 Å². The number of fused-ring (bicyclic) bond motifs is 1. The highest BCUT2D eigenvalue weighted by Crippen LogP contribution is 2.32. The number of thioether (sulfide) groups is 1. The number of nitrogens with zero attached hydrogens (tertiary/aromatic N) is 3. The van der Waals surface area contributed by atoms with Crippen molar-refractivity contribution in [2.75, 3.05) is 37.3 Å². The summed E-state index contributed by atoms with van der Waals surface area (Å²) in [6, 6.07) is 12.3. The highest BCUT2D eigenvalue weighted by molar-refractivity contribution is 7.98. The predicted molar refractivity (Wildman–Crippen MR) is 129 cm³/mol. The fourth-order valence-electron chi connectivity index (χ4n) is 3.12. The van der Waals surface area contributed by atoms with Gasteiger partial charge in [-0.15, -0.1) is 24.2 Å². The second kappa shape index (κ2) is 11.6. The van der Waals surface area contributed by atoms with Crippen LogP contribution in [0.2, 0.25) is 0 Å². The number of hydrogen-bond donors (Lipinski definition) is 0. The largest absolute Gasteiger partial charge is 0.302 e. The van der Waals surface area contributed by atoms with Crippen molar-refractivity contribution in [1.29, 1.82) is 0 Å². The van der Waals surface area contributed by atoms with Crippen molar-refractivity contribution >= 4 is 56.8 Å². The molecule has 0 saturated heterocycles. The van der Waals surface area contributed by atoms with Gasteiger partial charge in [-0.2, -0.15) is 0 Å². The zero-order valence-corrected chi connectivity index (χ0v) is 19.9. The van der Waals surface area contributed by atoms with Gasteiger partial charge >= 0.3 is 0 Å². The van der Waals surface area contributed by atoms with Gasteiger partial charge in [0.1, 0.15) is 5.82 Å². The summed E-state index contributed by atoms with van der Waals surface area (Å²) in [6.07, 6.45) is 2.27. The lowest BCUT2D eigenvalue weighted by molar-refractivity contribution is -0.118. The molecule has 8 heteroatoms. The van der Waals surface area contributed by atoms with E-state index in [1.165, 1.54) is 17.0 Å². The van der Waals surface area contributed by atoms with Gasteiger partial charge in [-0.3, -0.25) is 9.69 Å². The number of thiazole rings is 1. The first kappa shape index (κ1) is 24.6.